The van der Waals surface area contributed by atoms with Gasteiger partial charge in [-0.05, 0) is 35.0 Å². The minimum atomic E-state index is 0.646. The van der Waals surface area contributed by atoms with Gasteiger partial charge in [-0.25, -0.2) is 9.97 Å². The zero-order valence-corrected chi connectivity index (χ0v) is 13.7. The summed E-state index contributed by atoms with van der Waals surface area (Å²) in [7, 11) is 3.24. The SMILES string of the molecule is CCNc1ncnc(Nc2cc(OC)ccc2OC)c1Br. The van der Waals surface area contributed by atoms with Crippen molar-refractivity contribution in [2.45, 2.75) is 6.92 Å². The minimum absolute atomic E-state index is 0.646. The lowest BCUT2D eigenvalue weighted by molar-refractivity contribution is 0.405. The highest BCUT2D eigenvalue weighted by atomic mass is 79.9. The minimum Gasteiger partial charge on any atom is -0.497 e. The van der Waals surface area contributed by atoms with E-state index in [1.54, 1.807) is 14.2 Å². The van der Waals surface area contributed by atoms with Gasteiger partial charge in [-0.2, -0.15) is 0 Å². The van der Waals surface area contributed by atoms with E-state index in [9.17, 15) is 0 Å². The molecule has 0 aliphatic carbocycles. The molecular weight excluding hydrogens is 336 g/mol. The van der Waals surface area contributed by atoms with Crippen molar-refractivity contribution in [2.24, 2.45) is 0 Å². The number of ether oxygens (including phenoxy) is 2. The van der Waals surface area contributed by atoms with Gasteiger partial charge in [0.05, 0.1) is 19.9 Å². The van der Waals surface area contributed by atoms with Crippen LogP contribution in [0.2, 0.25) is 0 Å². The molecule has 0 atom stereocenters. The molecule has 112 valence electrons. The molecule has 0 aliphatic rings. The summed E-state index contributed by atoms with van der Waals surface area (Å²) < 4.78 is 11.3. The monoisotopic (exact) mass is 352 g/mol. The van der Waals surface area contributed by atoms with Crippen LogP contribution in [0.15, 0.2) is 29.0 Å². The van der Waals surface area contributed by atoms with E-state index in [1.807, 2.05) is 25.1 Å². The zero-order valence-electron chi connectivity index (χ0n) is 12.1. The summed E-state index contributed by atoms with van der Waals surface area (Å²) >= 11 is 3.50. The molecule has 1 aromatic carbocycles. The molecule has 21 heavy (non-hydrogen) atoms. The molecule has 1 heterocycles. The Labute approximate surface area is 132 Å². The number of nitrogens with zero attached hydrogens (tertiary/aromatic N) is 2. The maximum Gasteiger partial charge on any atom is 0.150 e. The molecule has 0 radical (unpaired) electrons. The Morgan fingerprint density at radius 1 is 1.14 bits per heavy atom. The first-order chi connectivity index (χ1) is 10.2. The highest BCUT2D eigenvalue weighted by Crippen LogP contribution is 2.34. The zero-order chi connectivity index (χ0) is 15.2. The van der Waals surface area contributed by atoms with Crippen LogP contribution in [0.4, 0.5) is 17.3 Å². The average Bonchev–Trinajstić information content (AvgIpc) is 2.51. The van der Waals surface area contributed by atoms with Gasteiger partial charge in [-0.1, -0.05) is 0 Å². The van der Waals surface area contributed by atoms with Crippen molar-refractivity contribution in [2.75, 3.05) is 31.4 Å². The second-order valence-electron chi connectivity index (χ2n) is 4.11. The fourth-order valence-electron chi connectivity index (χ4n) is 1.79. The van der Waals surface area contributed by atoms with E-state index in [4.69, 9.17) is 9.47 Å². The number of aromatic nitrogens is 2. The van der Waals surface area contributed by atoms with E-state index in [-0.39, 0.29) is 0 Å². The van der Waals surface area contributed by atoms with Crippen molar-refractivity contribution < 1.29 is 9.47 Å². The van der Waals surface area contributed by atoms with Crippen molar-refractivity contribution in [3.05, 3.63) is 29.0 Å². The Balaban J connectivity index is 2.35. The maximum atomic E-state index is 5.34. The second-order valence-corrected chi connectivity index (χ2v) is 4.90. The lowest BCUT2D eigenvalue weighted by Crippen LogP contribution is -2.04. The fraction of sp³-hybridized carbons (Fsp3) is 0.286. The number of rotatable bonds is 6. The maximum absolute atomic E-state index is 5.34. The van der Waals surface area contributed by atoms with E-state index in [0.717, 1.165) is 28.3 Å². The van der Waals surface area contributed by atoms with Crippen LogP contribution < -0.4 is 20.1 Å². The third-order valence-corrected chi connectivity index (χ3v) is 3.54. The van der Waals surface area contributed by atoms with E-state index in [2.05, 4.69) is 36.5 Å². The summed E-state index contributed by atoms with van der Waals surface area (Å²) in [6.45, 7) is 2.78. The average molecular weight is 353 g/mol. The number of methoxy groups -OCH3 is 2. The van der Waals surface area contributed by atoms with Gasteiger partial charge in [0, 0.05) is 12.6 Å². The number of nitrogens with one attached hydrogen (secondary N) is 2. The van der Waals surface area contributed by atoms with Crippen LogP contribution in [0.5, 0.6) is 11.5 Å². The van der Waals surface area contributed by atoms with E-state index >= 15 is 0 Å². The molecule has 2 aromatic rings. The Morgan fingerprint density at radius 2 is 1.90 bits per heavy atom. The van der Waals surface area contributed by atoms with Gasteiger partial charge in [0.25, 0.3) is 0 Å². The molecule has 2 rings (SSSR count). The van der Waals surface area contributed by atoms with Gasteiger partial charge < -0.3 is 20.1 Å². The predicted molar refractivity (Wildman–Crippen MR) is 86.7 cm³/mol. The first kappa shape index (κ1) is 15.4. The van der Waals surface area contributed by atoms with Gasteiger partial charge in [0.15, 0.2) is 0 Å². The Hall–Kier alpha value is -2.02. The summed E-state index contributed by atoms with van der Waals surface area (Å²) in [4.78, 5) is 8.42. The van der Waals surface area contributed by atoms with Crippen molar-refractivity contribution >= 4 is 33.3 Å². The van der Waals surface area contributed by atoms with Crippen molar-refractivity contribution in [3.63, 3.8) is 0 Å². The first-order valence-corrected chi connectivity index (χ1v) is 7.22. The fourth-order valence-corrected chi connectivity index (χ4v) is 2.23. The van der Waals surface area contributed by atoms with Crippen molar-refractivity contribution in [1.82, 2.24) is 9.97 Å². The van der Waals surface area contributed by atoms with Crippen LogP contribution in [-0.2, 0) is 0 Å². The molecule has 2 N–H and O–H groups in total. The Bertz CT molecular complexity index is 622. The topological polar surface area (TPSA) is 68.3 Å². The largest absolute Gasteiger partial charge is 0.497 e. The van der Waals surface area contributed by atoms with Gasteiger partial charge >= 0.3 is 0 Å². The Kier molecular flexibility index (Phi) is 5.21. The second kappa shape index (κ2) is 7.12. The molecule has 0 aliphatic heterocycles. The number of hydrogen-bond donors (Lipinski definition) is 2. The van der Waals surface area contributed by atoms with Crippen LogP contribution in [0.25, 0.3) is 0 Å². The molecular formula is C14H17BrN4O2. The molecule has 7 heteroatoms. The molecule has 0 spiro atoms. The normalized spacial score (nSPS) is 10.1. The molecule has 0 amide bonds. The summed E-state index contributed by atoms with van der Waals surface area (Å²) in [5.41, 5.74) is 0.763. The summed E-state index contributed by atoms with van der Waals surface area (Å²) in [5.74, 6) is 2.81. The van der Waals surface area contributed by atoms with Crippen LogP contribution in [0.1, 0.15) is 6.92 Å². The molecule has 6 nitrogen and oxygen atoms in total. The third kappa shape index (κ3) is 3.55. The molecule has 0 fully saturated rings. The lowest BCUT2D eigenvalue weighted by Gasteiger charge is -2.14. The van der Waals surface area contributed by atoms with Gasteiger partial charge in [-0.3, -0.25) is 0 Å². The highest BCUT2D eigenvalue weighted by Gasteiger charge is 2.11. The van der Waals surface area contributed by atoms with Gasteiger partial charge in [0.1, 0.15) is 33.9 Å². The number of benzene rings is 1. The molecule has 0 saturated heterocycles. The van der Waals surface area contributed by atoms with Crippen LogP contribution >= 0.6 is 15.9 Å². The third-order valence-electron chi connectivity index (χ3n) is 2.79. The summed E-state index contributed by atoms with van der Waals surface area (Å²) in [6.07, 6.45) is 1.50. The Morgan fingerprint density at radius 3 is 2.57 bits per heavy atom. The van der Waals surface area contributed by atoms with Gasteiger partial charge in [-0.15, -0.1) is 0 Å². The highest BCUT2D eigenvalue weighted by molar-refractivity contribution is 9.10. The molecule has 0 bridgehead atoms. The number of hydrogen-bond acceptors (Lipinski definition) is 6. The van der Waals surface area contributed by atoms with Gasteiger partial charge in [0.2, 0.25) is 0 Å². The molecule has 0 saturated carbocycles. The summed E-state index contributed by atoms with van der Waals surface area (Å²) in [5, 5.41) is 6.38. The molecule has 0 unspecified atom stereocenters. The van der Waals surface area contributed by atoms with Crippen LogP contribution in [0, 0.1) is 0 Å². The van der Waals surface area contributed by atoms with E-state index in [0.29, 0.717) is 11.6 Å². The van der Waals surface area contributed by atoms with Crippen LogP contribution in [0.3, 0.4) is 0 Å². The van der Waals surface area contributed by atoms with Crippen molar-refractivity contribution in [3.8, 4) is 11.5 Å². The van der Waals surface area contributed by atoms with E-state index in [1.165, 1.54) is 6.33 Å². The predicted octanol–water partition coefficient (Wildman–Crippen LogP) is 3.43. The first-order valence-electron chi connectivity index (χ1n) is 6.43. The van der Waals surface area contributed by atoms with E-state index < -0.39 is 0 Å². The number of halogens is 1. The smallest absolute Gasteiger partial charge is 0.150 e. The van der Waals surface area contributed by atoms with Crippen LogP contribution in [-0.4, -0.2) is 30.7 Å². The number of anilines is 3. The standard InChI is InChI=1S/C14H17BrN4O2/c1-4-16-13-12(15)14(18-8-17-13)19-10-7-9(20-2)5-6-11(10)21-3/h5-8H,4H2,1-3H3,(H2,16,17,18,19). The summed E-state index contributed by atoms with van der Waals surface area (Å²) in [6, 6.07) is 5.52. The lowest BCUT2D eigenvalue weighted by atomic mass is 10.2. The quantitative estimate of drug-likeness (QED) is 0.829. The molecule has 1 aromatic heterocycles. The van der Waals surface area contributed by atoms with Crippen molar-refractivity contribution in [1.29, 1.82) is 0 Å².